The minimum Gasteiger partial charge on any atom is -0.305 e. The topological polar surface area (TPSA) is 179 Å². The number of fused-ring (bicyclic) bond motifs is 2. The molecule has 4 aromatic rings. The summed E-state index contributed by atoms with van der Waals surface area (Å²) in [6.07, 6.45) is 9.14. The van der Waals surface area contributed by atoms with Gasteiger partial charge in [0.05, 0.1) is 22.9 Å². The predicted octanol–water partition coefficient (Wildman–Crippen LogP) is 5.65. The van der Waals surface area contributed by atoms with Crippen LogP contribution in [0.15, 0.2) is 73.3 Å². The van der Waals surface area contributed by atoms with Crippen LogP contribution >= 0.6 is 23.5 Å². The Morgan fingerprint density at radius 1 is 0.643 bits per heavy atom. The molecule has 0 unspecified atom stereocenters. The van der Waals surface area contributed by atoms with Crippen LogP contribution in [0, 0.1) is 21.6 Å². The summed E-state index contributed by atoms with van der Waals surface area (Å²) >= 11 is 1.80. The van der Waals surface area contributed by atoms with Crippen LogP contribution in [0.4, 0.5) is 0 Å². The van der Waals surface area contributed by atoms with Gasteiger partial charge in [-0.05, 0) is 83.2 Å². The lowest BCUT2D eigenvalue weighted by Crippen LogP contribution is -2.30. The first-order valence-corrected chi connectivity index (χ1v) is 14.8. The first-order chi connectivity index (χ1) is 20.3. The molecule has 214 valence electrons. The maximum Gasteiger partial charge on any atom is 0.230 e. The molecule has 2 aromatic carbocycles. The van der Waals surface area contributed by atoms with Crippen LogP contribution in [0.3, 0.4) is 0 Å². The smallest absolute Gasteiger partial charge is 0.230 e. The first-order valence-electron chi connectivity index (χ1n) is 13.2. The SMILES string of the molecule is N=C(CCCCC(=N)SC(=N)NC(=O)Cc1cccc2cnccc12)SC(=N)NC(=O)Cc1cccc2cnccc12. The van der Waals surface area contributed by atoms with E-state index < -0.39 is 0 Å². The third-order valence-corrected chi connectivity index (χ3v) is 7.77. The number of benzene rings is 2. The van der Waals surface area contributed by atoms with Crippen molar-refractivity contribution in [3.63, 3.8) is 0 Å². The van der Waals surface area contributed by atoms with Crippen LogP contribution in [0.5, 0.6) is 0 Å². The number of unbranched alkanes of at least 4 members (excludes halogenated alkanes) is 1. The lowest BCUT2D eigenvalue weighted by molar-refractivity contribution is -0.119. The number of nitrogens with one attached hydrogen (secondary N) is 6. The predicted molar refractivity (Wildman–Crippen MR) is 172 cm³/mol. The van der Waals surface area contributed by atoms with Crippen LogP contribution in [0.25, 0.3) is 21.5 Å². The van der Waals surface area contributed by atoms with Gasteiger partial charge in [0.1, 0.15) is 0 Å². The fourth-order valence-electron chi connectivity index (χ4n) is 4.35. The van der Waals surface area contributed by atoms with Crippen molar-refractivity contribution in [3.05, 3.63) is 84.4 Å². The van der Waals surface area contributed by atoms with Gasteiger partial charge in [-0.2, -0.15) is 0 Å². The maximum atomic E-state index is 12.5. The van der Waals surface area contributed by atoms with Gasteiger partial charge in [-0.1, -0.05) is 36.4 Å². The van der Waals surface area contributed by atoms with E-state index in [0.29, 0.717) is 25.7 Å². The zero-order chi connectivity index (χ0) is 29.9. The Morgan fingerprint density at radius 3 is 1.50 bits per heavy atom. The van der Waals surface area contributed by atoms with Crippen molar-refractivity contribution in [2.45, 2.75) is 38.5 Å². The molecule has 42 heavy (non-hydrogen) atoms. The van der Waals surface area contributed by atoms with E-state index >= 15 is 0 Å². The number of thioether (sulfide) groups is 2. The van der Waals surface area contributed by atoms with Gasteiger partial charge in [-0.25, -0.2) is 0 Å². The molecule has 2 amide bonds. The Balaban J connectivity index is 1.10. The van der Waals surface area contributed by atoms with Crippen molar-refractivity contribution < 1.29 is 9.59 Å². The molecule has 0 bridgehead atoms. The number of carbonyl (C=O) groups is 2. The van der Waals surface area contributed by atoms with E-state index in [0.717, 1.165) is 56.2 Å². The second-order valence-electron chi connectivity index (χ2n) is 9.39. The molecule has 10 nitrogen and oxygen atoms in total. The van der Waals surface area contributed by atoms with E-state index in [2.05, 4.69) is 20.6 Å². The molecular weight excluding hydrogens is 569 g/mol. The zero-order valence-corrected chi connectivity index (χ0v) is 24.3. The molecule has 6 N–H and O–H groups in total. The van der Waals surface area contributed by atoms with Gasteiger partial charge in [-0.3, -0.25) is 41.2 Å². The number of amidine groups is 2. The fraction of sp³-hybridized carbons (Fsp3) is 0.200. The molecule has 0 saturated carbocycles. The molecule has 12 heteroatoms. The molecule has 2 aromatic heterocycles. The van der Waals surface area contributed by atoms with Crippen LogP contribution in [-0.2, 0) is 22.4 Å². The average Bonchev–Trinajstić information content (AvgIpc) is 2.95. The van der Waals surface area contributed by atoms with E-state index in [1.807, 2.05) is 48.5 Å². The Hall–Kier alpha value is -4.42. The summed E-state index contributed by atoms with van der Waals surface area (Å²) < 4.78 is 0. The highest BCUT2D eigenvalue weighted by Crippen LogP contribution is 2.20. The number of rotatable bonds is 9. The quantitative estimate of drug-likeness (QED) is 0.0822. The standard InChI is InChI=1S/C30H30N8O2S2/c31-25(41-29(33)37-27(39)15-19-5-3-7-21-17-35-13-11-23(19)21)9-1-2-10-26(32)42-30(34)38-28(40)16-20-6-4-8-22-18-36-14-12-24(20)22/h3-8,11-14,17-18,31-32H,1-2,9-10,15-16H2,(H2,33,37,39)(H2,34,38,40). The van der Waals surface area contributed by atoms with Gasteiger partial charge in [-0.15, -0.1) is 0 Å². The van der Waals surface area contributed by atoms with Crippen molar-refractivity contribution in [1.82, 2.24) is 20.6 Å². The summed E-state index contributed by atoms with van der Waals surface area (Å²) in [6.45, 7) is 0. The van der Waals surface area contributed by atoms with Gasteiger partial charge in [0.25, 0.3) is 0 Å². The highest BCUT2D eigenvalue weighted by Gasteiger charge is 2.13. The van der Waals surface area contributed by atoms with Gasteiger partial charge in [0, 0.05) is 35.6 Å². The van der Waals surface area contributed by atoms with E-state index in [4.69, 9.17) is 21.6 Å². The van der Waals surface area contributed by atoms with Crippen LogP contribution in [0.2, 0.25) is 0 Å². The summed E-state index contributed by atoms with van der Waals surface area (Å²) in [6, 6.07) is 15.0. The molecule has 0 spiro atoms. The summed E-state index contributed by atoms with van der Waals surface area (Å²) in [5, 5.41) is 41.5. The largest absolute Gasteiger partial charge is 0.305 e. The van der Waals surface area contributed by atoms with Crippen molar-refractivity contribution in [2.75, 3.05) is 0 Å². The Morgan fingerprint density at radius 2 is 1.07 bits per heavy atom. The number of aromatic nitrogens is 2. The first kappa shape index (κ1) is 30.5. The molecule has 0 fully saturated rings. The minimum absolute atomic E-state index is 0.0976. The maximum absolute atomic E-state index is 12.5. The lowest BCUT2D eigenvalue weighted by atomic mass is 10.0. The highest BCUT2D eigenvalue weighted by atomic mass is 32.2. The number of pyridine rings is 2. The summed E-state index contributed by atoms with van der Waals surface area (Å²) in [5.41, 5.74) is 1.69. The van der Waals surface area contributed by atoms with E-state index in [1.165, 1.54) is 0 Å². The van der Waals surface area contributed by atoms with Crippen molar-refractivity contribution in [1.29, 1.82) is 21.6 Å². The van der Waals surface area contributed by atoms with E-state index in [9.17, 15) is 9.59 Å². The molecule has 2 heterocycles. The van der Waals surface area contributed by atoms with E-state index in [1.54, 1.807) is 24.8 Å². The van der Waals surface area contributed by atoms with Crippen molar-refractivity contribution in [2.24, 2.45) is 0 Å². The van der Waals surface area contributed by atoms with Crippen LogP contribution in [-0.4, -0.2) is 42.2 Å². The van der Waals surface area contributed by atoms with Gasteiger partial charge in [0.15, 0.2) is 10.3 Å². The summed E-state index contributed by atoms with van der Waals surface area (Å²) in [4.78, 5) is 33.1. The monoisotopic (exact) mass is 598 g/mol. The molecule has 0 aliphatic rings. The third kappa shape index (κ3) is 9.05. The second kappa shape index (κ2) is 15.0. The van der Waals surface area contributed by atoms with Gasteiger partial charge >= 0.3 is 0 Å². The Bertz CT molecular complexity index is 1540. The molecule has 0 atom stereocenters. The van der Waals surface area contributed by atoms with Crippen molar-refractivity contribution in [3.8, 4) is 0 Å². The fourth-order valence-corrected chi connectivity index (χ4v) is 5.66. The number of amides is 2. The Labute approximate surface area is 251 Å². The highest BCUT2D eigenvalue weighted by molar-refractivity contribution is 8.26. The van der Waals surface area contributed by atoms with Crippen LogP contribution < -0.4 is 10.6 Å². The third-order valence-electron chi connectivity index (χ3n) is 6.26. The molecule has 0 aliphatic carbocycles. The average molecular weight is 599 g/mol. The normalized spacial score (nSPS) is 10.8. The number of nitrogens with zero attached hydrogens (tertiary/aromatic N) is 2. The Kier molecular flexibility index (Phi) is 10.9. The van der Waals surface area contributed by atoms with Gasteiger partial charge in [0.2, 0.25) is 11.8 Å². The molecule has 4 rings (SSSR count). The van der Waals surface area contributed by atoms with Crippen LogP contribution in [0.1, 0.15) is 36.8 Å². The van der Waals surface area contributed by atoms with Crippen molar-refractivity contribution >= 4 is 77.3 Å². The molecule has 0 aliphatic heterocycles. The van der Waals surface area contributed by atoms with E-state index in [-0.39, 0.29) is 45.1 Å². The number of hydrogen-bond donors (Lipinski definition) is 6. The zero-order valence-electron chi connectivity index (χ0n) is 22.7. The molecular formula is C30H30N8O2S2. The van der Waals surface area contributed by atoms with Gasteiger partial charge < -0.3 is 10.6 Å². The number of hydrogen-bond acceptors (Lipinski definition) is 10. The lowest BCUT2D eigenvalue weighted by Gasteiger charge is -2.10. The number of carbonyl (C=O) groups excluding carboxylic acids is 2. The minimum atomic E-state index is -0.320. The second-order valence-corrected chi connectivity index (χ2v) is 11.6. The molecule has 0 radical (unpaired) electrons. The summed E-state index contributed by atoms with van der Waals surface area (Å²) in [5.74, 6) is -0.641. The summed E-state index contributed by atoms with van der Waals surface area (Å²) in [7, 11) is 0. The molecule has 0 saturated heterocycles.